The first-order chi connectivity index (χ1) is 7.62. The third-order valence-corrected chi connectivity index (χ3v) is 2.52. The van der Waals surface area contributed by atoms with E-state index in [1.807, 2.05) is 31.0 Å². The first-order valence-electron chi connectivity index (χ1n) is 5.13. The molecule has 0 fully saturated rings. The van der Waals surface area contributed by atoms with Crippen molar-refractivity contribution in [3.05, 3.63) is 23.3 Å². The van der Waals surface area contributed by atoms with Gasteiger partial charge in [-0.3, -0.25) is 4.90 Å². The van der Waals surface area contributed by atoms with Gasteiger partial charge in [0.25, 0.3) is 0 Å². The number of nitrogens with zero attached hydrogens (tertiary/aromatic N) is 1. The average molecular weight is 225 g/mol. The quantitative estimate of drug-likeness (QED) is 0.769. The van der Waals surface area contributed by atoms with Crippen molar-refractivity contribution in [2.75, 3.05) is 28.0 Å². The average Bonchev–Trinajstić information content (AvgIpc) is 2.30. The maximum Gasteiger partial charge on any atom is 0.161 e. The van der Waals surface area contributed by atoms with Crippen LogP contribution in [-0.4, -0.2) is 38.0 Å². The Morgan fingerprint density at radius 3 is 2.25 bits per heavy atom. The Kier molecular flexibility index (Phi) is 4.58. The van der Waals surface area contributed by atoms with E-state index in [9.17, 15) is 0 Å². The number of aryl methyl sites for hydroxylation is 1. The SMILES string of the molecule is COc1cc(C)c(CN(C)CO)cc1OC. The highest BCUT2D eigenvalue weighted by atomic mass is 16.5. The Bertz CT molecular complexity index is 352. The first-order valence-corrected chi connectivity index (χ1v) is 5.13. The van der Waals surface area contributed by atoms with Crippen molar-refractivity contribution < 1.29 is 14.6 Å². The Morgan fingerprint density at radius 2 is 1.75 bits per heavy atom. The van der Waals surface area contributed by atoms with Crippen LogP contribution in [0.1, 0.15) is 11.1 Å². The van der Waals surface area contributed by atoms with Crippen molar-refractivity contribution in [3.8, 4) is 11.5 Å². The first kappa shape index (κ1) is 12.8. The summed E-state index contributed by atoms with van der Waals surface area (Å²) < 4.78 is 10.5. The summed E-state index contributed by atoms with van der Waals surface area (Å²) in [5.74, 6) is 1.45. The van der Waals surface area contributed by atoms with Crippen LogP contribution < -0.4 is 9.47 Å². The molecule has 1 aromatic carbocycles. The minimum absolute atomic E-state index is 0.0355. The fourth-order valence-electron chi connectivity index (χ4n) is 1.53. The number of hydrogen-bond donors (Lipinski definition) is 1. The largest absolute Gasteiger partial charge is 0.493 e. The van der Waals surface area contributed by atoms with Crippen LogP contribution in [-0.2, 0) is 6.54 Å². The zero-order valence-electron chi connectivity index (χ0n) is 10.3. The summed E-state index contributed by atoms with van der Waals surface area (Å²) in [5, 5.41) is 8.98. The van der Waals surface area contributed by atoms with Gasteiger partial charge in [0.2, 0.25) is 0 Å². The molecule has 16 heavy (non-hydrogen) atoms. The third-order valence-electron chi connectivity index (χ3n) is 2.52. The number of aliphatic hydroxyl groups excluding tert-OH is 1. The number of hydrogen-bond acceptors (Lipinski definition) is 4. The van der Waals surface area contributed by atoms with Gasteiger partial charge in [0.1, 0.15) is 0 Å². The fourth-order valence-corrected chi connectivity index (χ4v) is 1.53. The molecule has 90 valence electrons. The molecule has 1 rings (SSSR count). The fraction of sp³-hybridized carbons (Fsp3) is 0.500. The molecule has 0 aromatic heterocycles. The lowest BCUT2D eigenvalue weighted by Gasteiger charge is -2.17. The van der Waals surface area contributed by atoms with Crippen LogP contribution in [0.25, 0.3) is 0 Å². The monoisotopic (exact) mass is 225 g/mol. The number of ether oxygens (including phenoxy) is 2. The summed E-state index contributed by atoms with van der Waals surface area (Å²) in [6.45, 7) is 2.74. The van der Waals surface area contributed by atoms with Gasteiger partial charge < -0.3 is 14.6 Å². The molecule has 0 heterocycles. The minimum atomic E-state index is 0.0355. The van der Waals surface area contributed by atoms with E-state index in [-0.39, 0.29) is 6.73 Å². The summed E-state index contributed by atoms with van der Waals surface area (Å²) in [6, 6.07) is 3.89. The highest BCUT2D eigenvalue weighted by Crippen LogP contribution is 2.30. The molecule has 1 aromatic rings. The highest BCUT2D eigenvalue weighted by Gasteiger charge is 2.09. The predicted octanol–water partition coefficient (Wildman–Crippen LogP) is 1.39. The maximum atomic E-state index is 8.98. The molecule has 0 aliphatic rings. The van der Waals surface area contributed by atoms with Crippen LogP contribution in [0.2, 0.25) is 0 Å². The molecule has 0 aliphatic heterocycles. The van der Waals surface area contributed by atoms with Crippen LogP contribution in [0.3, 0.4) is 0 Å². The molecule has 4 heteroatoms. The maximum absolute atomic E-state index is 8.98. The molecule has 0 unspecified atom stereocenters. The van der Waals surface area contributed by atoms with Gasteiger partial charge in [-0.2, -0.15) is 0 Å². The molecule has 0 amide bonds. The van der Waals surface area contributed by atoms with E-state index in [2.05, 4.69) is 0 Å². The topological polar surface area (TPSA) is 41.9 Å². The van der Waals surface area contributed by atoms with Crippen molar-refractivity contribution in [1.29, 1.82) is 0 Å². The number of rotatable bonds is 5. The van der Waals surface area contributed by atoms with Crippen molar-refractivity contribution in [2.24, 2.45) is 0 Å². The standard InChI is InChI=1S/C12H19NO3/c1-9-5-11(15-3)12(16-4)6-10(9)7-13(2)8-14/h5-6,14H,7-8H2,1-4H3. The van der Waals surface area contributed by atoms with E-state index in [0.29, 0.717) is 6.54 Å². The molecule has 0 saturated carbocycles. The molecular weight excluding hydrogens is 206 g/mol. The van der Waals surface area contributed by atoms with Crippen LogP contribution >= 0.6 is 0 Å². The van der Waals surface area contributed by atoms with Crippen molar-refractivity contribution in [2.45, 2.75) is 13.5 Å². The highest BCUT2D eigenvalue weighted by molar-refractivity contribution is 5.46. The normalized spacial score (nSPS) is 10.6. The summed E-state index contributed by atoms with van der Waals surface area (Å²) in [6.07, 6.45) is 0. The third kappa shape index (κ3) is 2.87. The molecular formula is C12H19NO3. The van der Waals surface area contributed by atoms with Crippen LogP contribution in [0.4, 0.5) is 0 Å². The van der Waals surface area contributed by atoms with E-state index < -0.39 is 0 Å². The zero-order valence-corrected chi connectivity index (χ0v) is 10.3. The molecule has 0 bridgehead atoms. The molecule has 0 saturated heterocycles. The van der Waals surface area contributed by atoms with Gasteiger partial charge >= 0.3 is 0 Å². The minimum Gasteiger partial charge on any atom is -0.493 e. The van der Waals surface area contributed by atoms with Crippen LogP contribution in [0.15, 0.2) is 12.1 Å². The van der Waals surface area contributed by atoms with Crippen molar-refractivity contribution in [1.82, 2.24) is 4.90 Å². The molecule has 0 radical (unpaired) electrons. The lowest BCUT2D eigenvalue weighted by molar-refractivity contribution is 0.126. The van der Waals surface area contributed by atoms with Gasteiger partial charge in [0.05, 0.1) is 21.0 Å². The summed E-state index contributed by atoms with van der Waals surface area (Å²) in [7, 11) is 5.10. The molecule has 0 atom stereocenters. The van der Waals surface area contributed by atoms with Gasteiger partial charge in [-0.1, -0.05) is 0 Å². The smallest absolute Gasteiger partial charge is 0.161 e. The van der Waals surface area contributed by atoms with Gasteiger partial charge in [-0.05, 0) is 37.2 Å². The Morgan fingerprint density at radius 1 is 1.19 bits per heavy atom. The second-order valence-corrected chi connectivity index (χ2v) is 3.79. The van der Waals surface area contributed by atoms with Gasteiger partial charge in [-0.15, -0.1) is 0 Å². The Labute approximate surface area is 96.4 Å². The lowest BCUT2D eigenvalue weighted by atomic mass is 10.1. The Hall–Kier alpha value is -1.26. The number of methoxy groups -OCH3 is 2. The second-order valence-electron chi connectivity index (χ2n) is 3.79. The van der Waals surface area contributed by atoms with E-state index in [1.54, 1.807) is 14.2 Å². The van der Waals surface area contributed by atoms with Gasteiger partial charge in [0.15, 0.2) is 11.5 Å². The van der Waals surface area contributed by atoms with Crippen LogP contribution in [0.5, 0.6) is 11.5 Å². The van der Waals surface area contributed by atoms with Crippen molar-refractivity contribution in [3.63, 3.8) is 0 Å². The zero-order chi connectivity index (χ0) is 12.1. The predicted molar refractivity (Wildman–Crippen MR) is 62.8 cm³/mol. The second kappa shape index (κ2) is 5.72. The number of benzene rings is 1. The molecule has 0 aliphatic carbocycles. The lowest BCUT2D eigenvalue weighted by Crippen LogP contribution is -2.19. The van der Waals surface area contributed by atoms with Gasteiger partial charge in [0, 0.05) is 6.54 Å². The van der Waals surface area contributed by atoms with E-state index in [4.69, 9.17) is 14.6 Å². The molecule has 1 N–H and O–H groups in total. The van der Waals surface area contributed by atoms with E-state index in [0.717, 1.165) is 22.6 Å². The molecule has 4 nitrogen and oxygen atoms in total. The van der Waals surface area contributed by atoms with Crippen molar-refractivity contribution >= 4 is 0 Å². The molecule has 0 spiro atoms. The van der Waals surface area contributed by atoms with E-state index >= 15 is 0 Å². The van der Waals surface area contributed by atoms with Gasteiger partial charge in [-0.25, -0.2) is 0 Å². The summed E-state index contributed by atoms with van der Waals surface area (Å²) >= 11 is 0. The summed E-state index contributed by atoms with van der Waals surface area (Å²) in [4.78, 5) is 1.81. The van der Waals surface area contributed by atoms with Crippen LogP contribution in [0, 0.1) is 6.92 Å². The number of aliphatic hydroxyl groups is 1. The Balaban J connectivity index is 3.01. The summed E-state index contributed by atoms with van der Waals surface area (Å²) in [5.41, 5.74) is 2.24. The van der Waals surface area contributed by atoms with E-state index in [1.165, 1.54) is 0 Å².